The summed E-state index contributed by atoms with van der Waals surface area (Å²) in [6.07, 6.45) is 1.05. The van der Waals surface area contributed by atoms with Crippen molar-refractivity contribution in [2.45, 2.75) is 38.4 Å². The molecule has 0 unspecified atom stereocenters. The summed E-state index contributed by atoms with van der Waals surface area (Å²) >= 11 is 6.00. The summed E-state index contributed by atoms with van der Waals surface area (Å²) in [7, 11) is 1.39. The van der Waals surface area contributed by atoms with Gasteiger partial charge in [0.05, 0.1) is 19.4 Å². The molecular weight excluding hydrogens is 436 g/mol. The minimum absolute atomic E-state index is 0.00475. The van der Waals surface area contributed by atoms with Crippen molar-refractivity contribution in [2.75, 3.05) is 7.11 Å². The maximum Gasteiger partial charge on any atom is 0.307 e. The topological polar surface area (TPSA) is 44.8 Å². The predicted octanol–water partition coefficient (Wildman–Crippen LogP) is 6.27. The minimum Gasteiger partial charge on any atom is -0.489 e. The van der Waals surface area contributed by atoms with Crippen LogP contribution in [0.1, 0.15) is 47.6 Å². The third-order valence-electron chi connectivity index (χ3n) is 5.65. The molecule has 3 aromatic carbocycles. The Morgan fingerprint density at radius 2 is 1.88 bits per heavy atom. The highest BCUT2D eigenvalue weighted by molar-refractivity contribution is 6.30. The quantitative estimate of drug-likeness (QED) is 0.308. The van der Waals surface area contributed by atoms with Crippen LogP contribution in [-0.4, -0.2) is 13.1 Å². The number of hydrogen-bond acceptors (Lipinski definition) is 4. The third-order valence-corrected chi connectivity index (χ3v) is 5.90. The maximum atomic E-state index is 11.7. The van der Waals surface area contributed by atoms with Crippen LogP contribution < -0.4 is 9.47 Å². The van der Waals surface area contributed by atoms with Gasteiger partial charge in [0.25, 0.3) is 0 Å². The summed E-state index contributed by atoms with van der Waals surface area (Å²) in [6, 6.07) is 21.7. The molecule has 3 aromatic rings. The Morgan fingerprint density at radius 3 is 2.58 bits per heavy atom. The molecule has 0 fully saturated rings. The van der Waals surface area contributed by atoms with Gasteiger partial charge >= 0.3 is 5.97 Å². The molecular formula is C28H25ClO4. The molecule has 168 valence electrons. The van der Waals surface area contributed by atoms with Gasteiger partial charge in [-0.1, -0.05) is 47.9 Å². The van der Waals surface area contributed by atoms with Gasteiger partial charge in [-0.3, -0.25) is 4.79 Å². The number of esters is 1. The molecule has 33 heavy (non-hydrogen) atoms. The first-order chi connectivity index (χ1) is 16.1. The Bertz CT molecular complexity index is 1170. The van der Waals surface area contributed by atoms with Crippen LogP contribution in [0.15, 0.2) is 66.7 Å². The highest BCUT2D eigenvalue weighted by Crippen LogP contribution is 2.37. The number of methoxy groups -OCH3 is 1. The van der Waals surface area contributed by atoms with E-state index in [0.29, 0.717) is 6.61 Å². The molecule has 0 saturated carbocycles. The van der Waals surface area contributed by atoms with Crippen molar-refractivity contribution in [3.05, 3.63) is 94.0 Å². The Morgan fingerprint density at radius 1 is 1.12 bits per heavy atom. The molecule has 0 amide bonds. The van der Waals surface area contributed by atoms with Crippen LogP contribution in [0.5, 0.6) is 11.5 Å². The van der Waals surface area contributed by atoms with E-state index in [9.17, 15) is 4.79 Å². The smallest absolute Gasteiger partial charge is 0.307 e. The van der Waals surface area contributed by atoms with Crippen LogP contribution in [0.4, 0.5) is 0 Å². The van der Waals surface area contributed by atoms with Crippen molar-refractivity contribution in [1.82, 2.24) is 0 Å². The second-order valence-corrected chi connectivity index (χ2v) is 8.33. The Hall–Kier alpha value is -3.42. The summed E-state index contributed by atoms with van der Waals surface area (Å²) in [5.41, 5.74) is 4.34. The zero-order valence-electron chi connectivity index (χ0n) is 18.6. The van der Waals surface area contributed by atoms with Gasteiger partial charge in [-0.25, -0.2) is 0 Å². The monoisotopic (exact) mass is 460 g/mol. The van der Waals surface area contributed by atoms with E-state index < -0.39 is 0 Å². The normalized spacial score (nSPS) is 14.9. The molecule has 0 N–H and O–H groups in total. The van der Waals surface area contributed by atoms with Crippen LogP contribution in [0, 0.1) is 11.8 Å². The van der Waals surface area contributed by atoms with Crippen molar-refractivity contribution in [2.24, 2.45) is 0 Å². The zero-order valence-corrected chi connectivity index (χ0v) is 19.4. The second-order valence-electron chi connectivity index (χ2n) is 7.89. The Balaban J connectivity index is 1.37. The molecule has 0 radical (unpaired) electrons. The van der Waals surface area contributed by atoms with Gasteiger partial charge in [-0.2, -0.15) is 0 Å². The SMILES string of the molecule is CC#C[C@@H](CC(=O)OC)c1ccc(OCc2ccc3c(c2)C[C@@H](c2ccc(Cl)cc2)O3)cc1. The fourth-order valence-corrected chi connectivity index (χ4v) is 4.02. The molecule has 1 heterocycles. The van der Waals surface area contributed by atoms with Crippen molar-refractivity contribution in [3.63, 3.8) is 0 Å². The van der Waals surface area contributed by atoms with Crippen molar-refractivity contribution >= 4 is 17.6 Å². The molecule has 0 aliphatic carbocycles. The number of carbonyl (C=O) groups excluding carboxylic acids is 1. The first kappa shape index (κ1) is 22.8. The molecule has 0 saturated heterocycles. The fourth-order valence-electron chi connectivity index (χ4n) is 3.89. The summed E-state index contributed by atoms with van der Waals surface area (Å²) < 4.78 is 16.9. The average Bonchev–Trinajstić information content (AvgIpc) is 3.26. The number of benzene rings is 3. The lowest BCUT2D eigenvalue weighted by atomic mass is 9.96. The molecule has 2 atom stereocenters. The van der Waals surface area contributed by atoms with E-state index in [0.717, 1.165) is 39.6 Å². The van der Waals surface area contributed by atoms with E-state index in [1.807, 2.05) is 60.7 Å². The number of halogens is 1. The van der Waals surface area contributed by atoms with Crippen molar-refractivity contribution in [3.8, 4) is 23.3 Å². The third kappa shape index (κ3) is 5.69. The predicted molar refractivity (Wildman–Crippen MR) is 129 cm³/mol. The van der Waals surface area contributed by atoms with E-state index in [4.69, 9.17) is 25.8 Å². The van der Waals surface area contributed by atoms with Crippen molar-refractivity contribution < 1.29 is 19.0 Å². The van der Waals surface area contributed by atoms with Gasteiger partial charge in [-0.15, -0.1) is 5.92 Å². The van der Waals surface area contributed by atoms with E-state index in [2.05, 4.69) is 17.9 Å². The molecule has 4 nitrogen and oxygen atoms in total. The van der Waals surface area contributed by atoms with Gasteiger partial charge in [0.2, 0.25) is 0 Å². The summed E-state index contributed by atoms with van der Waals surface area (Å²) in [5, 5.41) is 0.721. The highest BCUT2D eigenvalue weighted by Gasteiger charge is 2.24. The lowest BCUT2D eigenvalue weighted by molar-refractivity contribution is -0.140. The van der Waals surface area contributed by atoms with E-state index in [-0.39, 0.29) is 24.4 Å². The number of rotatable bonds is 7. The molecule has 1 aliphatic heterocycles. The number of hydrogen-bond donors (Lipinski definition) is 0. The summed E-state index contributed by atoms with van der Waals surface area (Å²) in [5.74, 6) is 7.17. The van der Waals surface area contributed by atoms with Gasteiger partial charge in [0, 0.05) is 11.4 Å². The van der Waals surface area contributed by atoms with Gasteiger partial charge in [-0.05, 0) is 65.6 Å². The molecule has 0 spiro atoms. The van der Waals surface area contributed by atoms with Crippen LogP contribution in [-0.2, 0) is 22.6 Å². The molecule has 0 bridgehead atoms. The van der Waals surface area contributed by atoms with Gasteiger partial charge in [0.1, 0.15) is 24.2 Å². The average molecular weight is 461 g/mol. The second kappa shape index (κ2) is 10.5. The van der Waals surface area contributed by atoms with Crippen LogP contribution >= 0.6 is 11.6 Å². The lowest BCUT2D eigenvalue weighted by Crippen LogP contribution is -2.07. The molecule has 0 aromatic heterocycles. The minimum atomic E-state index is -0.276. The number of fused-ring (bicyclic) bond motifs is 1. The standard InChI is InChI=1S/C28H25ClO4/c1-3-4-22(17-28(30)31-2)20-8-12-25(13-9-20)32-18-19-5-14-26-23(15-19)16-27(33-26)21-6-10-24(29)11-7-21/h5-15,22,27H,16-18H2,1-2H3/t22-,27-/m0/s1. The van der Waals surface area contributed by atoms with Crippen molar-refractivity contribution in [1.29, 1.82) is 0 Å². The summed E-state index contributed by atoms with van der Waals surface area (Å²) in [4.78, 5) is 11.7. The van der Waals surface area contributed by atoms with E-state index in [1.165, 1.54) is 12.7 Å². The Kier molecular flexibility index (Phi) is 7.22. The highest BCUT2D eigenvalue weighted by atomic mass is 35.5. The van der Waals surface area contributed by atoms with E-state index in [1.54, 1.807) is 6.92 Å². The molecule has 1 aliphatic rings. The molecule has 5 heteroatoms. The molecule has 4 rings (SSSR count). The first-order valence-corrected chi connectivity index (χ1v) is 11.2. The lowest BCUT2D eigenvalue weighted by Gasteiger charge is -2.12. The first-order valence-electron chi connectivity index (χ1n) is 10.8. The van der Waals surface area contributed by atoms with Crippen LogP contribution in [0.3, 0.4) is 0 Å². The van der Waals surface area contributed by atoms with Gasteiger partial charge < -0.3 is 14.2 Å². The Labute approximate surface area is 199 Å². The van der Waals surface area contributed by atoms with E-state index >= 15 is 0 Å². The summed E-state index contributed by atoms with van der Waals surface area (Å²) in [6.45, 7) is 2.22. The fraction of sp³-hybridized carbons (Fsp3) is 0.250. The number of ether oxygens (including phenoxy) is 3. The largest absolute Gasteiger partial charge is 0.489 e. The number of carbonyl (C=O) groups is 1. The zero-order chi connectivity index (χ0) is 23.2. The van der Waals surface area contributed by atoms with Crippen LogP contribution in [0.25, 0.3) is 0 Å². The van der Waals surface area contributed by atoms with Crippen LogP contribution in [0.2, 0.25) is 5.02 Å². The maximum absolute atomic E-state index is 11.7. The van der Waals surface area contributed by atoms with Gasteiger partial charge in [0.15, 0.2) is 0 Å².